The maximum absolute atomic E-state index is 6.10. The van der Waals surface area contributed by atoms with E-state index in [1.165, 1.54) is 11.3 Å². The molecule has 182 valence electrons. The van der Waals surface area contributed by atoms with E-state index in [2.05, 4.69) is 62.8 Å². The number of nitrogens with one attached hydrogen (secondary N) is 1. The molecule has 0 spiro atoms. The first kappa shape index (κ1) is 24.0. The summed E-state index contributed by atoms with van der Waals surface area (Å²) in [5.74, 6) is 1.26. The molecule has 0 amide bonds. The molecule has 0 unspecified atom stereocenters. The number of hydrogen-bond donors (Lipinski definition) is 1. The summed E-state index contributed by atoms with van der Waals surface area (Å²) >= 11 is 0. The Hall–Kier alpha value is -3.10. The zero-order valence-electron chi connectivity index (χ0n) is 20.4. The van der Waals surface area contributed by atoms with E-state index in [0.29, 0.717) is 18.3 Å². The second-order valence-corrected chi connectivity index (χ2v) is 8.70. The molecule has 34 heavy (non-hydrogen) atoms. The number of nitrogens with zero attached hydrogens (tertiary/aromatic N) is 5. The van der Waals surface area contributed by atoms with Gasteiger partial charge in [-0.1, -0.05) is 36.4 Å². The van der Waals surface area contributed by atoms with Crippen LogP contribution in [0.5, 0.6) is 5.88 Å². The van der Waals surface area contributed by atoms with Crippen molar-refractivity contribution in [3.63, 3.8) is 0 Å². The number of aryl methyl sites for hydroxylation is 1. The van der Waals surface area contributed by atoms with Crippen LogP contribution in [0, 0.1) is 6.92 Å². The Bertz CT molecular complexity index is 989. The summed E-state index contributed by atoms with van der Waals surface area (Å²) in [6, 6.07) is 12.2. The van der Waals surface area contributed by atoms with Gasteiger partial charge in [-0.2, -0.15) is 10.1 Å². The van der Waals surface area contributed by atoms with Crippen LogP contribution in [0.15, 0.2) is 53.8 Å². The van der Waals surface area contributed by atoms with Crippen LogP contribution in [0.3, 0.4) is 0 Å². The van der Waals surface area contributed by atoms with Crippen molar-refractivity contribution in [1.82, 2.24) is 14.8 Å². The highest BCUT2D eigenvalue weighted by atomic mass is 16.5. The van der Waals surface area contributed by atoms with Crippen LogP contribution < -0.4 is 15.1 Å². The summed E-state index contributed by atoms with van der Waals surface area (Å²) in [4.78, 5) is 11.7. The molecule has 2 fully saturated rings. The van der Waals surface area contributed by atoms with Gasteiger partial charge in [-0.05, 0) is 19.4 Å². The van der Waals surface area contributed by atoms with Crippen molar-refractivity contribution in [2.45, 2.75) is 13.8 Å². The minimum atomic E-state index is 0.574. The van der Waals surface area contributed by atoms with Crippen LogP contribution in [0.4, 0.5) is 11.5 Å². The van der Waals surface area contributed by atoms with Gasteiger partial charge in [0.05, 0.1) is 19.4 Å². The van der Waals surface area contributed by atoms with Gasteiger partial charge in [-0.25, -0.2) is 0 Å². The van der Waals surface area contributed by atoms with E-state index in [9.17, 15) is 0 Å². The highest BCUT2D eigenvalue weighted by Gasteiger charge is 2.18. The number of ether oxygens (including phenoxy) is 2. The first-order valence-electron chi connectivity index (χ1n) is 12.1. The predicted molar refractivity (Wildman–Crippen MR) is 138 cm³/mol. The van der Waals surface area contributed by atoms with E-state index in [4.69, 9.17) is 9.47 Å². The molecule has 0 aliphatic carbocycles. The zero-order chi connectivity index (χ0) is 23.8. The van der Waals surface area contributed by atoms with Gasteiger partial charge in [0.25, 0.3) is 0 Å². The van der Waals surface area contributed by atoms with Crippen LogP contribution in [0.1, 0.15) is 18.1 Å². The predicted octanol–water partition coefficient (Wildman–Crippen LogP) is 3.20. The molecule has 1 aromatic carbocycles. The van der Waals surface area contributed by atoms with Gasteiger partial charge < -0.3 is 19.3 Å². The maximum Gasteiger partial charge on any atom is 0.217 e. The van der Waals surface area contributed by atoms with Crippen LogP contribution >= 0.6 is 0 Å². The molecule has 0 atom stereocenters. The molecular formula is C26H36N6O2. The second kappa shape index (κ2) is 11.9. The lowest BCUT2D eigenvalue weighted by molar-refractivity contribution is 0.122. The van der Waals surface area contributed by atoms with Crippen molar-refractivity contribution >= 4 is 17.7 Å². The molecule has 2 aliphatic rings. The van der Waals surface area contributed by atoms with Gasteiger partial charge in [-0.15, -0.1) is 0 Å². The quantitative estimate of drug-likeness (QED) is 0.452. The molecule has 0 radical (unpaired) electrons. The number of piperazine rings is 1. The molecule has 4 rings (SSSR count). The van der Waals surface area contributed by atoms with Crippen LogP contribution in [-0.2, 0) is 4.74 Å². The van der Waals surface area contributed by atoms with Crippen molar-refractivity contribution in [2.24, 2.45) is 5.10 Å². The third kappa shape index (κ3) is 6.71. The van der Waals surface area contributed by atoms with Gasteiger partial charge >= 0.3 is 0 Å². The molecule has 2 saturated heterocycles. The highest BCUT2D eigenvalue weighted by Crippen LogP contribution is 2.25. The second-order valence-electron chi connectivity index (χ2n) is 8.70. The Morgan fingerprint density at radius 3 is 2.79 bits per heavy atom. The fraction of sp³-hybridized carbons (Fsp3) is 0.462. The Balaban J connectivity index is 1.40. The van der Waals surface area contributed by atoms with Crippen molar-refractivity contribution in [3.05, 3.63) is 59.8 Å². The topological polar surface area (TPSA) is 65.5 Å². The molecule has 2 aromatic rings. The minimum absolute atomic E-state index is 0.574. The Morgan fingerprint density at radius 2 is 2.03 bits per heavy atom. The van der Waals surface area contributed by atoms with E-state index in [-0.39, 0.29) is 0 Å². The van der Waals surface area contributed by atoms with E-state index >= 15 is 0 Å². The fourth-order valence-corrected chi connectivity index (χ4v) is 4.26. The van der Waals surface area contributed by atoms with Crippen LogP contribution in [0.25, 0.3) is 0 Å². The summed E-state index contributed by atoms with van der Waals surface area (Å²) in [6.45, 7) is 17.0. The van der Waals surface area contributed by atoms with Gasteiger partial charge in [0.1, 0.15) is 6.61 Å². The molecule has 0 bridgehead atoms. The number of hydrogen-bond acceptors (Lipinski definition) is 8. The van der Waals surface area contributed by atoms with E-state index in [1.807, 2.05) is 24.3 Å². The summed E-state index contributed by atoms with van der Waals surface area (Å²) < 4.78 is 11.6. The molecule has 1 aromatic heterocycles. The average Bonchev–Trinajstić information content (AvgIpc) is 2.85. The molecule has 3 heterocycles. The normalized spacial score (nSPS) is 17.4. The van der Waals surface area contributed by atoms with E-state index in [1.54, 1.807) is 6.21 Å². The Morgan fingerprint density at radius 1 is 1.18 bits per heavy atom. The third-order valence-electron chi connectivity index (χ3n) is 6.18. The average molecular weight is 465 g/mol. The molecular weight excluding hydrogens is 428 g/mol. The minimum Gasteiger partial charge on any atom is -0.476 e. The van der Waals surface area contributed by atoms with E-state index < -0.39 is 0 Å². The first-order chi connectivity index (χ1) is 16.6. The Kier molecular flexibility index (Phi) is 8.38. The molecule has 2 aliphatic heterocycles. The summed E-state index contributed by atoms with van der Waals surface area (Å²) in [5, 5.41) is 4.40. The van der Waals surface area contributed by atoms with Gasteiger partial charge in [0.2, 0.25) is 5.88 Å². The molecule has 1 N–H and O–H groups in total. The van der Waals surface area contributed by atoms with Crippen LogP contribution in [-0.4, -0.2) is 86.6 Å². The SMILES string of the molecule is C=C1CN(CCOc2cc(N3CCOCC3)cc(N/N=C/c3cccc(C)c3)n2)CCN1CC. The first-order valence-corrected chi connectivity index (χ1v) is 12.1. The molecule has 8 nitrogen and oxygen atoms in total. The summed E-state index contributed by atoms with van der Waals surface area (Å²) in [7, 11) is 0. The lowest BCUT2D eigenvalue weighted by atomic mass is 10.2. The van der Waals surface area contributed by atoms with Crippen LogP contribution in [0.2, 0.25) is 0 Å². The number of benzene rings is 1. The Labute approximate surface area is 202 Å². The summed E-state index contributed by atoms with van der Waals surface area (Å²) in [5.41, 5.74) is 7.56. The van der Waals surface area contributed by atoms with Crippen molar-refractivity contribution in [1.29, 1.82) is 0 Å². The lowest BCUT2D eigenvalue weighted by Crippen LogP contribution is -2.45. The number of morpholine rings is 1. The van der Waals surface area contributed by atoms with Gasteiger partial charge in [0.15, 0.2) is 5.82 Å². The lowest BCUT2D eigenvalue weighted by Gasteiger charge is -2.37. The largest absolute Gasteiger partial charge is 0.476 e. The highest BCUT2D eigenvalue weighted by molar-refractivity contribution is 5.80. The van der Waals surface area contributed by atoms with Crippen molar-refractivity contribution in [2.75, 3.05) is 76.0 Å². The summed E-state index contributed by atoms with van der Waals surface area (Å²) in [6.07, 6.45) is 1.80. The maximum atomic E-state index is 6.10. The standard InChI is InChI=1S/C26H36N6O2/c1-4-31-9-8-30(20-22(31)3)10-15-34-26-18-24(32-11-13-33-14-12-32)17-25(28-26)29-27-19-23-7-5-6-21(2)16-23/h5-7,16-19H,3-4,8-15,20H2,1-2H3,(H,28,29)/b27-19+. The molecule has 0 saturated carbocycles. The number of aromatic nitrogens is 1. The number of rotatable bonds is 9. The number of likely N-dealkylation sites (N-methyl/N-ethyl adjacent to an activating group) is 1. The van der Waals surface area contributed by atoms with Crippen molar-refractivity contribution in [3.8, 4) is 5.88 Å². The van der Waals surface area contributed by atoms with Crippen molar-refractivity contribution < 1.29 is 9.47 Å². The third-order valence-corrected chi connectivity index (χ3v) is 6.18. The van der Waals surface area contributed by atoms with E-state index in [0.717, 1.165) is 70.3 Å². The fourth-order valence-electron chi connectivity index (χ4n) is 4.26. The smallest absolute Gasteiger partial charge is 0.217 e. The zero-order valence-corrected chi connectivity index (χ0v) is 20.4. The van der Waals surface area contributed by atoms with Gasteiger partial charge in [0, 0.05) is 69.3 Å². The number of pyridine rings is 1. The van der Waals surface area contributed by atoms with Gasteiger partial charge in [-0.3, -0.25) is 10.3 Å². The number of hydrazone groups is 1. The number of anilines is 2. The monoisotopic (exact) mass is 464 g/mol. The molecule has 8 heteroatoms.